The maximum Gasteiger partial charge on any atom is 0.293 e. The number of benzene rings is 1. The summed E-state index contributed by atoms with van der Waals surface area (Å²) in [6.07, 6.45) is 3.75. The quantitative estimate of drug-likeness (QED) is 0.609. The standard InChI is InChI=1S/C20H23N5O3/c26-20(22-16-5-6-16)15-4-7-18(19(13-15)25(27)28)24-11-9-23(10-12-24)14-17-3-1-2-8-21-17/h1-4,7-8,13,16H,5-6,9-12,14H2,(H,22,26). The summed E-state index contributed by atoms with van der Waals surface area (Å²) < 4.78 is 0. The van der Waals surface area contributed by atoms with Gasteiger partial charge < -0.3 is 10.2 Å². The molecule has 1 aromatic heterocycles. The molecule has 0 bridgehead atoms. The van der Waals surface area contributed by atoms with Crippen LogP contribution in [0.1, 0.15) is 28.9 Å². The number of pyridine rings is 1. The van der Waals surface area contributed by atoms with Crippen molar-refractivity contribution in [2.24, 2.45) is 0 Å². The van der Waals surface area contributed by atoms with E-state index in [4.69, 9.17) is 0 Å². The Kier molecular flexibility index (Phi) is 5.21. The molecule has 1 N–H and O–H groups in total. The van der Waals surface area contributed by atoms with Crippen molar-refractivity contribution in [1.29, 1.82) is 0 Å². The Hall–Kier alpha value is -3.00. The molecule has 1 saturated carbocycles. The largest absolute Gasteiger partial charge is 0.363 e. The zero-order valence-corrected chi connectivity index (χ0v) is 15.6. The Labute approximate surface area is 163 Å². The maximum atomic E-state index is 12.2. The average Bonchev–Trinajstić information content (AvgIpc) is 3.53. The van der Waals surface area contributed by atoms with Crippen LogP contribution < -0.4 is 10.2 Å². The zero-order valence-electron chi connectivity index (χ0n) is 15.6. The number of rotatable bonds is 6. The van der Waals surface area contributed by atoms with Gasteiger partial charge in [0.25, 0.3) is 11.6 Å². The van der Waals surface area contributed by atoms with Crippen LogP contribution in [0.4, 0.5) is 11.4 Å². The van der Waals surface area contributed by atoms with Gasteiger partial charge in [-0.3, -0.25) is 24.8 Å². The summed E-state index contributed by atoms with van der Waals surface area (Å²) in [5.41, 5.74) is 1.93. The van der Waals surface area contributed by atoms with E-state index in [-0.39, 0.29) is 17.6 Å². The van der Waals surface area contributed by atoms with Crippen LogP contribution in [-0.4, -0.2) is 52.9 Å². The molecule has 0 radical (unpaired) electrons. The molecular weight excluding hydrogens is 358 g/mol. The molecule has 1 saturated heterocycles. The SMILES string of the molecule is O=C(NC1CC1)c1ccc(N2CCN(Cc3ccccn3)CC2)c([N+](=O)[O-])c1. The lowest BCUT2D eigenvalue weighted by Gasteiger charge is -2.35. The molecular formula is C20H23N5O3. The number of anilines is 1. The number of nitro benzene ring substituents is 1. The summed E-state index contributed by atoms with van der Waals surface area (Å²) in [5.74, 6) is -0.239. The van der Waals surface area contributed by atoms with Crippen molar-refractivity contribution < 1.29 is 9.72 Å². The van der Waals surface area contributed by atoms with E-state index in [2.05, 4.69) is 15.2 Å². The second kappa shape index (κ2) is 7.93. The van der Waals surface area contributed by atoms with Crippen LogP contribution in [0, 0.1) is 10.1 Å². The lowest BCUT2D eigenvalue weighted by molar-refractivity contribution is -0.384. The highest BCUT2D eigenvalue weighted by atomic mass is 16.6. The minimum atomic E-state index is -0.399. The van der Waals surface area contributed by atoms with E-state index in [0.717, 1.165) is 38.2 Å². The van der Waals surface area contributed by atoms with Crippen molar-refractivity contribution in [3.05, 3.63) is 64.0 Å². The molecule has 1 aliphatic heterocycles. The zero-order chi connectivity index (χ0) is 19.5. The van der Waals surface area contributed by atoms with Crippen LogP contribution in [-0.2, 0) is 6.54 Å². The van der Waals surface area contributed by atoms with E-state index in [1.807, 2.05) is 23.1 Å². The van der Waals surface area contributed by atoms with Crippen LogP contribution in [0.25, 0.3) is 0 Å². The third-order valence-corrected chi connectivity index (χ3v) is 5.17. The molecule has 2 heterocycles. The van der Waals surface area contributed by atoms with Gasteiger partial charge in [-0.15, -0.1) is 0 Å². The molecule has 0 atom stereocenters. The van der Waals surface area contributed by atoms with E-state index in [9.17, 15) is 14.9 Å². The lowest BCUT2D eigenvalue weighted by atomic mass is 10.1. The first kappa shape index (κ1) is 18.4. The summed E-state index contributed by atoms with van der Waals surface area (Å²) >= 11 is 0. The first-order valence-corrected chi connectivity index (χ1v) is 9.56. The number of aromatic nitrogens is 1. The van der Waals surface area contributed by atoms with Gasteiger partial charge >= 0.3 is 0 Å². The Morgan fingerprint density at radius 1 is 1.18 bits per heavy atom. The number of carbonyl (C=O) groups excluding carboxylic acids is 1. The van der Waals surface area contributed by atoms with Gasteiger partial charge in [-0.25, -0.2) is 0 Å². The van der Waals surface area contributed by atoms with Gasteiger partial charge in [-0.2, -0.15) is 0 Å². The first-order valence-electron chi connectivity index (χ1n) is 9.56. The highest BCUT2D eigenvalue weighted by Gasteiger charge is 2.27. The normalized spacial score (nSPS) is 17.4. The van der Waals surface area contributed by atoms with Crippen LogP contribution >= 0.6 is 0 Å². The second-order valence-electron chi connectivity index (χ2n) is 7.29. The van der Waals surface area contributed by atoms with Crippen LogP contribution in [0.15, 0.2) is 42.6 Å². The van der Waals surface area contributed by atoms with E-state index >= 15 is 0 Å². The van der Waals surface area contributed by atoms with Crippen molar-refractivity contribution in [1.82, 2.24) is 15.2 Å². The number of piperazine rings is 1. The van der Waals surface area contributed by atoms with Crippen molar-refractivity contribution in [3.63, 3.8) is 0 Å². The molecule has 1 aliphatic carbocycles. The topological polar surface area (TPSA) is 91.6 Å². The van der Waals surface area contributed by atoms with Gasteiger partial charge in [0.15, 0.2) is 0 Å². The van der Waals surface area contributed by atoms with Crippen LogP contribution in [0.5, 0.6) is 0 Å². The molecule has 28 heavy (non-hydrogen) atoms. The fourth-order valence-electron chi connectivity index (χ4n) is 3.44. The molecule has 0 unspecified atom stereocenters. The van der Waals surface area contributed by atoms with Crippen molar-refractivity contribution in [2.75, 3.05) is 31.1 Å². The summed E-state index contributed by atoms with van der Waals surface area (Å²) in [5, 5.41) is 14.5. The predicted octanol–water partition coefficient (Wildman–Crippen LogP) is 2.20. The molecule has 1 amide bonds. The van der Waals surface area contributed by atoms with E-state index < -0.39 is 4.92 Å². The number of amides is 1. The Balaban J connectivity index is 1.43. The Morgan fingerprint density at radius 3 is 2.61 bits per heavy atom. The summed E-state index contributed by atoms with van der Waals surface area (Å²) in [4.78, 5) is 32.1. The fraction of sp³-hybridized carbons (Fsp3) is 0.400. The monoisotopic (exact) mass is 381 g/mol. The van der Waals surface area contributed by atoms with E-state index in [0.29, 0.717) is 24.3 Å². The van der Waals surface area contributed by atoms with Crippen LogP contribution in [0.3, 0.4) is 0 Å². The van der Waals surface area contributed by atoms with Gasteiger partial charge in [-0.05, 0) is 37.1 Å². The highest BCUT2D eigenvalue weighted by Crippen LogP contribution is 2.30. The van der Waals surface area contributed by atoms with Gasteiger partial charge in [-0.1, -0.05) is 6.07 Å². The van der Waals surface area contributed by atoms with Crippen molar-refractivity contribution in [2.45, 2.75) is 25.4 Å². The maximum absolute atomic E-state index is 12.2. The third kappa shape index (κ3) is 4.28. The Bertz CT molecular complexity index is 861. The number of nitro groups is 1. The van der Waals surface area contributed by atoms with Gasteiger partial charge in [0.05, 0.1) is 10.6 Å². The molecule has 8 nitrogen and oxygen atoms in total. The Morgan fingerprint density at radius 2 is 1.96 bits per heavy atom. The van der Waals surface area contributed by atoms with Gasteiger partial charge in [0, 0.05) is 56.6 Å². The molecule has 2 aliphatic rings. The summed E-state index contributed by atoms with van der Waals surface area (Å²) in [6.45, 7) is 3.77. The second-order valence-corrected chi connectivity index (χ2v) is 7.29. The molecule has 1 aromatic carbocycles. The molecule has 4 rings (SSSR count). The van der Waals surface area contributed by atoms with Gasteiger partial charge in [0.1, 0.15) is 5.69 Å². The molecule has 8 heteroatoms. The number of nitrogens with zero attached hydrogens (tertiary/aromatic N) is 4. The summed E-state index contributed by atoms with van der Waals surface area (Å²) in [7, 11) is 0. The van der Waals surface area contributed by atoms with E-state index in [1.165, 1.54) is 6.07 Å². The minimum absolute atomic E-state index is 0.0124. The third-order valence-electron chi connectivity index (χ3n) is 5.17. The number of hydrogen-bond acceptors (Lipinski definition) is 6. The number of nitrogens with one attached hydrogen (secondary N) is 1. The molecule has 2 fully saturated rings. The van der Waals surface area contributed by atoms with Crippen molar-refractivity contribution in [3.8, 4) is 0 Å². The van der Waals surface area contributed by atoms with Crippen LogP contribution in [0.2, 0.25) is 0 Å². The van der Waals surface area contributed by atoms with Gasteiger partial charge in [0.2, 0.25) is 0 Å². The number of hydrogen-bond donors (Lipinski definition) is 1. The first-order chi connectivity index (χ1) is 13.6. The van der Waals surface area contributed by atoms with Crippen molar-refractivity contribution >= 4 is 17.3 Å². The highest BCUT2D eigenvalue weighted by molar-refractivity contribution is 5.96. The van der Waals surface area contributed by atoms with E-state index in [1.54, 1.807) is 18.3 Å². The predicted molar refractivity (Wildman–Crippen MR) is 105 cm³/mol. The lowest BCUT2D eigenvalue weighted by Crippen LogP contribution is -2.46. The number of carbonyl (C=O) groups is 1. The fourth-order valence-corrected chi connectivity index (χ4v) is 3.44. The average molecular weight is 381 g/mol. The molecule has 146 valence electrons. The summed E-state index contributed by atoms with van der Waals surface area (Å²) in [6, 6.07) is 10.9. The minimum Gasteiger partial charge on any atom is -0.363 e. The molecule has 2 aromatic rings. The molecule has 0 spiro atoms. The smallest absolute Gasteiger partial charge is 0.293 e.